The van der Waals surface area contributed by atoms with Gasteiger partial charge in [-0.2, -0.15) is 0 Å². The summed E-state index contributed by atoms with van der Waals surface area (Å²) in [6, 6.07) is 3.59. The Labute approximate surface area is 115 Å². The summed E-state index contributed by atoms with van der Waals surface area (Å²) in [5, 5.41) is 12.4. The van der Waals surface area contributed by atoms with E-state index in [1.54, 1.807) is 17.2 Å². The average Bonchev–Trinajstić information content (AvgIpc) is 2.96. The van der Waals surface area contributed by atoms with Crippen LogP contribution in [0.5, 0.6) is 0 Å². The first-order valence-corrected chi connectivity index (χ1v) is 7.13. The summed E-state index contributed by atoms with van der Waals surface area (Å²) in [5.41, 5.74) is 5.92. The van der Waals surface area contributed by atoms with Gasteiger partial charge in [0.15, 0.2) is 10.7 Å². The van der Waals surface area contributed by atoms with E-state index in [0.717, 1.165) is 0 Å². The highest BCUT2D eigenvalue weighted by molar-refractivity contribution is 7.99. The molecule has 0 spiro atoms. The molecule has 0 amide bonds. The molecule has 1 atom stereocenters. The van der Waals surface area contributed by atoms with Crippen molar-refractivity contribution in [2.45, 2.75) is 24.9 Å². The molecule has 0 saturated heterocycles. The zero-order valence-electron chi connectivity index (χ0n) is 10.8. The number of nitrogens with one attached hydrogen (secondary N) is 1. The summed E-state index contributed by atoms with van der Waals surface area (Å²) in [5.74, 6) is -0.154. The van der Waals surface area contributed by atoms with Crippen LogP contribution in [0.15, 0.2) is 34.3 Å². The molecule has 1 unspecified atom stereocenters. The Balaban J connectivity index is 2.38. The van der Waals surface area contributed by atoms with E-state index in [9.17, 15) is 9.90 Å². The monoisotopic (exact) mass is 283 g/mol. The molecular weight excluding hydrogens is 266 g/mol. The average molecular weight is 283 g/mol. The van der Waals surface area contributed by atoms with Crippen LogP contribution in [0.2, 0.25) is 0 Å². The fourth-order valence-electron chi connectivity index (χ4n) is 2.24. The van der Waals surface area contributed by atoms with E-state index in [1.807, 2.05) is 19.2 Å². The van der Waals surface area contributed by atoms with Crippen LogP contribution in [-0.2, 0) is 11.3 Å². The van der Waals surface area contributed by atoms with E-state index in [2.05, 4.69) is 5.32 Å². The lowest BCUT2D eigenvalue weighted by Gasteiger charge is -2.38. The van der Waals surface area contributed by atoms with Crippen molar-refractivity contribution in [3.8, 4) is 0 Å². The van der Waals surface area contributed by atoms with E-state index in [4.69, 9.17) is 10.2 Å². The topological polar surface area (TPSA) is 91.7 Å². The molecule has 1 aliphatic rings. The maximum atomic E-state index is 11.4. The van der Waals surface area contributed by atoms with Crippen LogP contribution < -0.4 is 11.1 Å². The molecule has 0 fully saturated rings. The molecule has 4 N–H and O–H groups in total. The lowest BCUT2D eigenvalue weighted by molar-refractivity contribution is -0.134. The number of hydrogen-bond donors (Lipinski definition) is 3. The molecule has 19 heavy (non-hydrogen) atoms. The van der Waals surface area contributed by atoms with Crippen LogP contribution in [0.3, 0.4) is 0 Å². The molecule has 7 heteroatoms. The van der Waals surface area contributed by atoms with E-state index in [1.165, 1.54) is 11.8 Å². The number of aliphatic carboxylic acids is 1. The number of rotatable bonds is 5. The van der Waals surface area contributed by atoms with Gasteiger partial charge in [0.1, 0.15) is 11.6 Å². The molecular formula is C12H17N3O3S. The molecule has 1 aromatic heterocycles. The number of thioether (sulfide) groups is 1. The highest BCUT2D eigenvalue weighted by Gasteiger charge is 2.45. The Morgan fingerprint density at radius 2 is 2.42 bits per heavy atom. The zero-order chi connectivity index (χ0) is 14.0. The second-order valence-corrected chi connectivity index (χ2v) is 5.28. The Bertz CT molecular complexity index is 494. The number of furan rings is 1. The Morgan fingerprint density at radius 3 is 2.89 bits per heavy atom. The van der Waals surface area contributed by atoms with Crippen molar-refractivity contribution in [3.63, 3.8) is 0 Å². The van der Waals surface area contributed by atoms with Crippen molar-refractivity contribution < 1.29 is 14.3 Å². The van der Waals surface area contributed by atoms with Crippen molar-refractivity contribution >= 4 is 17.7 Å². The summed E-state index contributed by atoms with van der Waals surface area (Å²) in [4.78, 5) is 12.6. The maximum absolute atomic E-state index is 11.4. The van der Waals surface area contributed by atoms with Gasteiger partial charge >= 0.3 is 5.97 Å². The molecule has 1 aliphatic heterocycles. The van der Waals surface area contributed by atoms with Crippen molar-refractivity contribution in [2.75, 3.05) is 6.26 Å². The van der Waals surface area contributed by atoms with Crippen molar-refractivity contribution in [1.29, 1.82) is 0 Å². The molecule has 0 aliphatic carbocycles. The van der Waals surface area contributed by atoms with Gasteiger partial charge in [0, 0.05) is 0 Å². The smallest absolute Gasteiger partial charge is 0.356 e. The first kappa shape index (κ1) is 13.7. The molecule has 1 aromatic rings. The van der Waals surface area contributed by atoms with Crippen LogP contribution in [-0.4, -0.2) is 27.2 Å². The second kappa shape index (κ2) is 5.08. The second-order valence-electron chi connectivity index (χ2n) is 4.20. The summed E-state index contributed by atoms with van der Waals surface area (Å²) < 4.78 is 5.31. The largest absolute Gasteiger partial charge is 0.476 e. The number of hydrogen-bond acceptors (Lipinski definition) is 6. The molecule has 2 heterocycles. The third-order valence-corrected chi connectivity index (χ3v) is 4.49. The first-order chi connectivity index (χ1) is 9.04. The highest BCUT2D eigenvalue weighted by Crippen LogP contribution is 2.38. The molecule has 2 rings (SSSR count). The first-order valence-electron chi connectivity index (χ1n) is 5.90. The van der Waals surface area contributed by atoms with Crippen LogP contribution in [0.4, 0.5) is 0 Å². The number of carbonyl (C=O) groups is 1. The van der Waals surface area contributed by atoms with Crippen LogP contribution in [0.1, 0.15) is 19.1 Å². The van der Waals surface area contributed by atoms with Crippen LogP contribution in [0, 0.1) is 0 Å². The lowest BCUT2D eigenvalue weighted by atomic mass is 10.3. The molecule has 0 saturated carbocycles. The van der Waals surface area contributed by atoms with E-state index >= 15 is 0 Å². The van der Waals surface area contributed by atoms with E-state index in [-0.39, 0.29) is 11.5 Å². The van der Waals surface area contributed by atoms with Crippen LogP contribution >= 0.6 is 11.8 Å². The molecule has 104 valence electrons. The standard InChI is InChI=1S/C12H17N3O3S/c1-3-12(19-2)14-10(13)9(11(16)17)15(12)7-8-5-4-6-18-8/h4-6,14H,3,7,13H2,1-2H3,(H,16,17). The summed E-state index contributed by atoms with van der Waals surface area (Å²) >= 11 is 1.52. The number of nitrogens with zero attached hydrogens (tertiary/aromatic N) is 1. The minimum absolute atomic E-state index is 0.0904. The van der Waals surface area contributed by atoms with Crippen molar-refractivity contribution in [2.24, 2.45) is 5.73 Å². The number of carboxylic acids is 1. The van der Waals surface area contributed by atoms with Crippen molar-refractivity contribution in [3.05, 3.63) is 35.7 Å². The van der Waals surface area contributed by atoms with Gasteiger partial charge in [-0.05, 0) is 24.8 Å². The Hall–Kier alpha value is -1.76. The van der Waals surface area contributed by atoms with Crippen molar-refractivity contribution in [1.82, 2.24) is 10.2 Å². The minimum atomic E-state index is -1.04. The predicted octanol–water partition coefficient (Wildman–Crippen LogP) is 1.32. The lowest BCUT2D eigenvalue weighted by Crippen LogP contribution is -2.49. The molecule has 0 bridgehead atoms. The SMILES string of the molecule is CCC1(SC)NC(N)=C(C(=O)O)N1Cc1ccco1. The summed E-state index contributed by atoms with van der Waals surface area (Å²) in [6.45, 7) is 2.34. The maximum Gasteiger partial charge on any atom is 0.356 e. The Morgan fingerprint density at radius 1 is 1.68 bits per heavy atom. The fourth-order valence-corrected chi connectivity index (χ4v) is 3.12. The number of carboxylic acid groups (broad SMARTS) is 1. The number of nitrogens with two attached hydrogens (primary N) is 1. The van der Waals surface area contributed by atoms with Gasteiger partial charge in [0.05, 0.1) is 12.8 Å². The van der Waals surface area contributed by atoms with E-state index < -0.39 is 11.0 Å². The van der Waals surface area contributed by atoms with Gasteiger partial charge in [-0.1, -0.05) is 6.92 Å². The minimum Gasteiger partial charge on any atom is -0.476 e. The van der Waals surface area contributed by atoms with Gasteiger partial charge in [0.25, 0.3) is 0 Å². The third-order valence-electron chi connectivity index (χ3n) is 3.20. The normalized spacial score (nSPS) is 22.7. The Kier molecular flexibility index (Phi) is 3.66. The van der Waals surface area contributed by atoms with Crippen LogP contribution in [0.25, 0.3) is 0 Å². The third kappa shape index (κ3) is 2.25. The van der Waals surface area contributed by atoms with Gasteiger partial charge < -0.3 is 25.5 Å². The molecule has 6 nitrogen and oxygen atoms in total. The zero-order valence-corrected chi connectivity index (χ0v) is 11.7. The quantitative estimate of drug-likeness (QED) is 0.750. The molecule has 0 radical (unpaired) electrons. The fraction of sp³-hybridized carbons (Fsp3) is 0.417. The highest BCUT2D eigenvalue weighted by atomic mass is 32.2. The predicted molar refractivity (Wildman–Crippen MR) is 72.8 cm³/mol. The van der Waals surface area contributed by atoms with E-state index in [0.29, 0.717) is 18.7 Å². The molecule has 0 aromatic carbocycles. The van der Waals surface area contributed by atoms with Gasteiger partial charge in [0.2, 0.25) is 0 Å². The van der Waals surface area contributed by atoms with Gasteiger partial charge in [-0.25, -0.2) is 4.79 Å². The summed E-state index contributed by atoms with van der Waals surface area (Å²) in [7, 11) is 0. The summed E-state index contributed by atoms with van der Waals surface area (Å²) in [6.07, 6.45) is 4.19. The van der Waals surface area contributed by atoms with Gasteiger partial charge in [-0.3, -0.25) is 0 Å². The van der Waals surface area contributed by atoms with Gasteiger partial charge in [-0.15, -0.1) is 11.8 Å².